The monoisotopic (exact) mass is 260 g/mol. The van der Waals surface area contributed by atoms with Gasteiger partial charge in [0, 0.05) is 51.1 Å². The highest BCUT2D eigenvalue weighted by Gasteiger charge is 2.03. The minimum Gasteiger partial charge on any atom is -0.338 e. The van der Waals surface area contributed by atoms with Crippen LogP contribution in [-0.4, -0.2) is 21.0 Å². The SMILES string of the molecule is Cn1ccnc1CCNCc1ccc([N+](=O)[O-])cc1. The molecule has 0 spiro atoms. The van der Waals surface area contributed by atoms with Crippen molar-refractivity contribution in [3.8, 4) is 0 Å². The molecule has 0 amide bonds. The van der Waals surface area contributed by atoms with Gasteiger partial charge in [0.05, 0.1) is 4.92 Å². The molecule has 0 atom stereocenters. The van der Waals surface area contributed by atoms with E-state index in [2.05, 4.69) is 10.3 Å². The number of rotatable bonds is 6. The van der Waals surface area contributed by atoms with Gasteiger partial charge in [0.15, 0.2) is 0 Å². The first-order valence-electron chi connectivity index (χ1n) is 6.07. The van der Waals surface area contributed by atoms with Gasteiger partial charge in [-0.25, -0.2) is 4.98 Å². The maximum atomic E-state index is 10.5. The van der Waals surface area contributed by atoms with Crippen molar-refractivity contribution in [2.45, 2.75) is 13.0 Å². The third kappa shape index (κ3) is 3.62. The zero-order chi connectivity index (χ0) is 13.7. The number of nitrogens with zero attached hydrogens (tertiary/aromatic N) is 3. The summed E-state index contributed by atoms with van der Waals surface area (Å²) in [5, 5.41) is 13.8. The third-order valence-corrected chi connectivity index (χ3v) is 2.92. The average molecular weight is 260 g/mol. The zero-order valence-corrected chi connectivity index (χ0v) is 10.7. The first-order chi connectivity index (χ1) is 9.16. The lowest BCUT2D eigenvalue weighted by molar-refractivity contribution is -0.384. The molecule has 0 aliphatic rings. The van der Waals surface area contributed by atoms with Crippen LogP contribution in [-0.2, 0) is 20.0 Å². The standard InChI is InChI=1S/C13H16N4O2/c1-16-9-8-15-13(16)6-7-14-10-11-2-4-12(5-3-11)17(18)19/h2-5,8-9,14H,6-7,10H2,1H3. The van der Waals surface area contributed by atoms with Crippen LogP contribution in [0.1, 0.15) is 11.4 Å². The molecular weight excluding hydrogens is 244 g/mol. The van der Waals surface area contributed by atoms with Crippen molar-refractivity contribution in [1.29, 1.82) is 0 Å². The highest BCUT2D eigenvalue weighted by molar-refractivity contribution is 5.32. The summed E-state index contributed by atoms with van der Waals surface area (Å²) < 4.78 is 1.99. The van der Waals surface area contributed by atoms with Gasteiger partial charge in [-0.15, -0.1) is 0 Å². The number of nitrogens with one attached hydrogen (secondary N) is 1. The number of aryl methyl sites for hydroxylation is 1. The summed E-state index contributed by atoms with van der Waals surface area (Å²) in [6.45, 7) is 1.52. The number of nitro benzene ring substituents is 1. The van der Waals surface area contributed by atoms with Gasteiger partial charge in [-0.3, -0.25) is 10.1 Å². The van der Waals surface area contributed by atoms with E-state index in [1.807, 2.05) is 17.8 Å². The van der Waals surface area contributed by atoms with E-state index in [9.17, 15) is 10.1 Å². The van der Waals surface area contributed by atoms with Gasteiger partial charge < -0.3 is 9.88 Å². The predicted molar refractivity (Wildman–Crippen MR) is 71.7 cm³/mol. The average Bonchev–Trinajstić information content (AvgIpc) is 2.81. The normalized spacial score (nSPS) is 10.6. The molecule has 0 saturated heterocycles. The van der Waals surface area contributed by atoms with E-state index >= 15 is 0 Å². The van der Waals surface area contributed by atoms with Crippen LogP contribution >= 0.6 is 0 Å². The fourth-order valence-electron chi connectivity index (χ4n) is 1.81. The smallest absolute Gasteiger partial charge is 0.269 e. The Balaban J connectivity index is 1.76. The highest BCUT2D eigenvalue weighted by Crippen LogP contribution is 2.11. The Morgan fingerprint density at radius 2 is 2.11 bits per heavy atom. The Bertz CT molecular complexity index is 548. The minimum absolute atomic E-state index is 0.122. The Hall–Kier alpha value is -2.21. The number of imidazole rings is 1. The molecule has 0 radical (unpaired) electrons. The first kappa shape index (κ1) is 13.2. The summed E-state index contributed by atoms with van der Waals surface area (Å²) in [7, 11) is 1.97. The number of non-ortho nitro benzene ring substituents is 1. The van der Waals surface area contributed by atoms with Crippen molar-refractivity contribution < 1.29 is 4.92 Å². The molecule has 19 heavy (non-hydrogen) atoms. The molecule has 1 N–H and O–H groups in total. The van der Waals surface area contributed by atoms with Crippen LogP contribution in [0.5, 0.6) is 0 Å². The lowest BCUT2D eigenvalue weighted by Crippen LogP contribution is -2.18. The van der Waals surface area contributed by atoms with Gasteiger partial charge in [-0.1, -0.05) is 12.1 Å². The van der Waals surface area contributed by atoms with Crippen LogP contribution in [0, 0.1) is 10.1 Å². The summed E-state index contributed by atoms with van der Waals surface area (Å²) >= 11 is 0. The molecular formula is C13H16N4O2. The summed E-state index contributed by atoms with van der Waals surface area (Å²) in [6, 6.07) is 6.59. The van der Waals surface area contributed by atoms with E-state index < -0.39 is 4.92 Å². The van der Waals surface area contributed by atoms with E-state index in [-0.39, 0.29) is 5.69 Å². The second-order valence-electron chi connectivity index (χ2n) is 4.30. The van der Waals surface area contributed by atoms with E-state index in [0.717, 1.165) is 24.4 Å². The minimum atomic E-state index is -0.391. The molecule has 6 nitrogen and oxygen atoms in total. The molecule has 0 unspecified atom stereocenters. The van der Waals surface area contributed by atoms with Crippen LogP contribution in [0.15, 0.2) is 36.7 Å². The molecule has 0 aliphatic heterocycles. The molecule has 1 heterocycles. The van der Waals surface area contributed by atoms with Crippen LogP contribution < -0.4 is 5.32 Å². The van der Waals surface area contributed by atoms with Crippen molar-refractivity contribution in [3.05, 3.63) is 58.2 Å². The quantitative estimate of drug-likeness (QED) is 0.487. The van der Waals surface area contributed by atoms with Gasteiger partial charge >= 0.3 is 0 Å². The van der Waals surface area contributed by atoms with Gasteiger partial charge in [0.2, 0.25) is 0 Å². The molecule has 0 fully saturated rings. The molecule has 2 rings (SSSR count). The molecule has 1 aromatic carbocycles. The maximum Gasteiger partial charge on any atom is 0.269 e. The number of benzene rings is 1. The fraction of sp³-hybridized carbons (Fsp3) is 0.308. The second-order valence-corrected chi connectivity index (χ2v) is 4.30. The molecule has 2 aromatic rings. The molecule has 6 heteroatoms. The van der Waals surface area contributed by atoms with Crippen molar-refractivity contribution in [3.63, 3.8) is 0 Å². The highest BCUT2D eigenvalue weighted by atomic mass is 16.6. The molecule has 100 valence electrons. The molecule has 1 aromatic heterocycles. The van der Waals surface area contributed by atoms with Gasteiger partial charge in [-0.05, 0) is 5.56 Å². The van der Waals surface area contributed by atoms with Crippen LogP contribution in [0.25, 0.3) is 0 Å². The number of hydrogen-bond donors (Lipinski definition) is 1. The Labute approximate surface area is 111 Å². The number of aromatic nitrogens is 2. The fourth-order valence-corrected chi connectivity index (χ4v) is 1.81. The van der Waals surface area contributed by atoms with E-state index in [4.69, 9.17) is 0 Å². The van der Waals surface area contributed by atoms with Crippen molar-refractivity contribution in [2.24, 2.45) is 7.05 Å². The van der Waals surface area contributed by atoms with Gasteiger partial charge in [0.25, 0.3) is 5.69 Å². The second kappa shape index (κ2) is 6.10. The number of nitro groups is 1. The Kier molecular flexibility index (Phi) is 4.25. The first-order valence-corrected chi connectivity index (χ1v) is 6.07. The molecule has 0 saturated carbocycles. The summed E-state index contributed by atoms with van der Waals surface area (Å²) in [5.74, 6) is 1.04. The van der Waals surface area contributed by atoms with Crippen molar-refractivity contribution >= 4 is 5.69 Å². The Morgan fingerprint density at radius 3 is 2.68 bits per heavy atom. The lowest BCUT2D eigenvalue weighted by Gasteiger charge is -2.05. The third-order valence-electron chi connectivity index (χ3n) is 2.92. The molecule has 0 aliphatic carbocycles. The predicted octanol–water partition coefficient (Wildman–Crippen LogP) is 1.66. The van der Waals surface area contributed by atoms with E-state index in [0.29, 0.717) is 6.54 Å². The van der Waals surface area contributed by atoms with E-state index in [1.54, 1.807) is 18.3 Å². The number of hydrogen-bond acceptors (Lipinski definition) is 4. The van der Waals surface area contributed by atoms with Crippen molar-refractivity contribution in [1.82, 2.24) is 14.9 Å². The van der Waals surface area contributed by atoms with Gasteiger partial charge in [0.1, 0.15) is 5.82 Å². The van der Waals surface area contributed by atoms with Crippen LogP contribution in [0.2, 0.25) is 0 Å². The van der Waals surface area contributed by atoms with Crippen LogP contribution in [0.3, 0.4) is 0 Å². The zero-order valence-electron chi connectivity index (χ0n) is 10.7. The summed E-state index contributed by atoms with van der Waals surface area (Å²) in [6.07, 6.45) is 4.56. The topological polar surface area (TPSA) is 73.0 Å². The van der Waals surface area contributed by atoms with Gasteiger partial charge in [-0.2, -0.15) is 0 Å². The summed E-state index contributed by atoms with van der Waals surface area (Å²) in [5.41, 5.74) is 1.15. The van der Waals surface area contributed by atoms with E-state index in [1.165, 1.54) is 12.1 Å². The van der Waals surface area contributed by atoms with Crippen molar-refractivity contribution in [2.75, 3.05) is 6.54 Å². The Morgan fingerprint density at radius 1 is 1.37 bits per heavy atom. The maximum absolute atomic E-state index is 10.5. The lowest BCUT2D eigenvalue weighted by atomic mass is 10.2. The summed E-state index contributed by atoms with van der Waals surface area (Å²) in [4.78, 5) is 14.4. The van der Waals surface area contributed by atoms with Crippen LogP contribution in [0.4, 0.5) is 5.69 Å². The molecule has 0 bridgehead atoms. The largest absolute Gasteiger partial charge is 0.338 e.